The van der Waals surface area contributed by atoms with Gasteiger partial charge in [-0.1, -0.05) is 103 Å². The van der Waals surface area contributed by atoms with Crippen molar-refractivity contribution >= 4 is 81.7 Å². The van der Waals surface area contributed by atoms with Gasteiger partial charge in [-0.05, 0) is 89.0 Å². The van der Waals surface area contributed by atoms with Crippen LogP contribution in [-0.2, 0) is 0 Å². The normalized spacial score (nSPS) is 20.3. The Morgan fingerprint density at radius 2 is 0.784 bits per heavy atom. The van der Waals surface area contributed by atoms with Gasteiger partial charge in [-0.15, -0.1) is 0 Å². The van der Waals surface area contributed by atoms with Crippen LogP contribution < -0.4 is 0 Å². The number of aromatic nitrogens is 3. The van der Waals surface area contributed by atoms with Crippen LogP contribution in [0.3, 0.4) is 0 Å². The predicted octanol–water partition coefficient (Wildman–Crippen LogP) is 12.7. The molecule has 0 saturated carbocycles. The highest BCUT2D eigenvalue weighted by Gasteiger charge is 2.22. The van der Waals surface area contributed by atoms with Crippen LogP contribution >= 0.6 is 0 Å². The largest absolute Gasteiger partial charge is 0.309 e. The van der Waals surface area contributed by atoms with Gasteiger partial charge in [-0.25, -0.2) is 0 Å². The molecule has 4 aromatic heterocycles. The molecule has 8 aromatic carbocycles. The van der Waals surface area contributed by atoms with E-state index in [0.717, 1.165) is 13.5 Å². The van der Waals surface area contributed by atoms with E-state index in [0.29, 0.717) is 0 Å². The fourth-order valence-electron chi connectivity index (χ4n) is 7.06. The Bertz CT molecular complexity index is 4990. The Morgan fingerprint density at radius 3 is 1.53 bits per heavy atom. The zero-order valence-electron chi connectivity index (χ0n) is 54.3. The molecule has 0 aliphatic rings. The van der Waals surface area contributed by atoms with E-state index in [4.69, 9.17) is 20.6 Å². The molecule has 4 heterocycles. The maximum absolute atomic E-state index is 10.1. The van der Waals surface area contributed by atoms with Crippen LogP contribution in [0, 0.1) is 0 Å². The topological polar surface area (TPSA) is 14.3 Å². The molecule has 0 fully saturated rings. The van der Waals surface area contributed by atoms with Crippen LogP contribution in [0.15, 0.2) is 175 Å². The number of fused-ring (bicyclic) bond motifs is 8. The van der Waals surface area contributed by atoms with Gasteiger partial charge in [-0.3, -0.25) is 0 Å². The zero-order valence-corrected chi connectivity index (χ0v) is 25.3. The fourth-order valence-corrected chi connectivity index (χ4v) is 7.06. The molecule has 0 aliphatic heterocycles. The van der Waals surface area contributed by atoms with Gasteiger partial charge in [0.25, 0.3) is 0 Å². The van der Waals surface area contributed by atoms with E-state index < -0.39 is 269 Å². The van der Waals surface area contributed by atoms with E-state index in [1.807, 2.05) is 0 Å². The summed E-state index contributed by atoms with van der Waals surface area (Å²) in [7, 11) is 0. The maximum atomic E-state index is 10.1. The van der Waals surface area contributed by atoms with Crippen LogP contribution in [0.1, 0.15) is 39.8 Å². The van der Waals surface area contributed by atoms with Gasteiger partial charge in [-0.2, -0.15) is 0 Å². The average Bonchev–Trinajstić information content (AvgIpc) is 3.11. The minimum absolute atomic E-state index is 0.339. The summed E-state index contributed by atoms with van der Waals surface area (Å²) in [6.45, 7) is 0. The molecule has 12 aromatic rings. The van der Waals surface area contributed by atoms with E-state index in [-0.39, 0.29) is 10.8 Å². The number of nitrogens with zero attached hydrogens (tertiary/aromatic N) is 3. The monoisotopic (exact) mass is 676 g/mol. The first-order valence-electron chi connectivity index (χ1n) is 29.8. The van der Waals surface area contributed by atoms with Crippen molar-refractivity contribution in [3.63, 3.8) is 0 Å². The molecule has 236 valence electrons. The Kier molecular flexibility index (Phi) is 2.25. The molecule has 0 atom stereocenters. The Labute approximate surface area is 333 Å². The van der Waals surface area contributed by atoms with Gasteiger partial charge < -0.3 is 13.5 Å². The van der Waals surface area contributed by atoms with Crippen molar-refractivity contribution in [1.82, 2.24) is 13.5 Å². The molecule has 0 unspecified atom stereocenters. The number of para-hydroxylation sites is 4. The predicted molar refractivity (Wildman–Crippen MR) is 215 cm³/mol. The second kappa shape index (κ2) is 9.87. The maximum Gasteiger partial charge on any atom is 0.0645 e. The molecule has 12 rings (SSSR count). The lowest BCUT2D eigenvalue weighted by atomic mass is 9.99. The van der Waals surface area contributed by atoms with Gasteiger partial charge in [0.1, 0.15) is 0 Å². The molecule has 0 saturated heterocycles. The highest BCUT2D eigenvalue weighted by molar-refractivity contribution is 6.31. The van der Waals surface area contributed by atoms with E-state index in [1.165, 1.54) is 0 Å². The first-order chi connectivity index (χ1) is 37.4. The van der Waals surface area contributed by atoms with Crippen molar-refractivity contribution in [2.75, 3.05) is 0 Å². The summed E-state index contributed by atoms with van der Waals surface area (Å²) >= 11 is 0. The molecule has 3 heteroatoms. The summed E-state index contributed by atoms with van der Waals surface area (Å²) in [4.78, 5) is 0. The number of hydrogen-bond donors (Lipinski definition) is 0. The fraction of sp³-hybridized carbons (Fsp3) is 0. The highest BCUT2D eigenvalue weighted by atomic mass is 15.0. The second-order valence-electron chi connectivity index (χ2n) is 11.5. The Balaban J connectivity index is 1.36. The van der Waals surface area contributed by atoms with Crippen LogP contribution in [-0.4, -0.2) is 13.5 Å². The van der Waals surface area contributed by atoms with E-state index in [1.54, 1.807) is 0 Å². The van der Waals surface area contributed by atoms with E-state index >= 15 is 0 Å². The smallest absolute Gasteiger partial charge is 0.0645 e. The van der Waals surface area contributed by atoms with Gasteiger partial charge in [0.2, 0.25) is 0 Å². The molecular weight excluding hydrogens is 619 g/mol. The van der Waals surface area contributed by atoms with Crippen LogP contribution in [0.2, 0.25) is 0 Å². The molecular formula is C48H29N3. The zero-order chi connectivity index (χ0) is 58.4. The average molecular weight is 677 g/mol. The summed E-state index contributed by atoms with van der Waals surface area (Å²) in [6.07, 6.45) is 0. The first-order valence-corrected chi connectivity index (χ1v) is 15.3. The van der Waals surface area contributed by atoms with Gasteiger partial charge in [0, 0.05) is 49.1 Å². The number of hydrogen-bond acceptors (Lipinski definition) is 0. The molecule has 0 amide bonds. The van der Waals surface area contributed by atoms with Crippen molar-refractivity contribution in [3.05, 3.63) is 175 Å². The lowest BCUT2D eigenvalue weighted by Crippen LogP contribution is -1.93. The van der Waals surface area contributed by atoms with Gasteiger partial charge in [0.15, 0.2) is 0 Å². The van der Waals surface area contributed by atoms with Crippen LogP contribution in [0.25, 0.3) is 104 Å². The summed E-state index contributed by atoms with van der Waals surface area (Å²) in [5.74, 6) is 0. The molecule has 0 N–H and O–H groups in total. The third-order valence-corrected chi connectivity index (χ3v) is 9.03. The minimum Gasteiger partial charge on any atom is -0.309 e. The first kappa shape index (κ1) is 11.6. The van der Waals surface area contributed by atoms with Crippen LogP contribution in [0.4, 0.5) is 0 Å². The van der Waals surface area contributed by atoms with Gasteiger partial charge >= 0.3 is 0 Å². The van der Waals surface area contributed by atoms with Gasteiger partial charge in [0.05, 0.1) is 78.4 Å². The molecule has 0 aliphatic carbocycles. The summed E-state index contributed by atoms with van der Waals surface area (Å²) in [5.41, 5.74) is -6.79. The molecule has 0 radical (unpaired) electrons. The third kappa shape index (κ3) is 3.52. The van der Waals surface area contributed by atoms with Crippen molar-refractivity contribution in [1.29, 1.82) is 0 Å². The van der Waals surface area contributed by atoms with Crippen LogP contribution in [0.5, 0.6) is 0 Å². The lowest BCUT2D eigenvalue weighted by Gasteiger charge is -2.09. The van der Waals surface area contributed by atoms with Crippen molar-refractivity contribution in [2.45, 2.75) is 0 Å². The summed E-state index contributed by atoms with van der Waals surface area (Å²) in [6, 6.07) is -25.7. The lowest BCUT2D eigenvalue weighted by molar-refractivity contribution is 1.18. The van der Waals surface area contributed by atoms with Crippen molar-refractivity contribution in [2.24, 2.45) is 0 Å². The molecule has 3 nitrogen and oxygen atoms in total. The number of benzene rings is 8. The van der Waals surface area contributed by atoms with Crippen molar-refractivity contribution < 1.29 is 39.8 Å². The van der Waals surface area contributed by atoms with E-state index in [2.05, 4.69) is 0 Å². The minimum atomic E-state index is -1.01. The number of rotatable bonds is 3. The summed E-state index contributed by atoms with van der Waals surface area (Å²) < 4.78 is 267. The van der Waals surface area contributed by atoms with Crippen molar-refractivity contribution in [3.8, 4) is 22.5 Å². The summed E-state index contributed by atoms with van der Waals surface area (Å²) in [5, 5.41) is -3.89. The molecule has 51 heavy (non-hydrogen) atoms. The standard InChI is InChI=1S/C48H29N3/c1-3-12-32(13-4-1)49-40-20-8-7-16-34(40)38-28-30(24-26-41(38)49)31-25-27-42-39(29-31)37-19-9-18-36-35-17-10-21-43-46(35)47-44(50(43)33-14-5-2-6-15-33)22-11-23-45(47)51(42)48(36)37/h1-29H/i1D,2D,3D,4D,5D,6D,7D,8D,9D,10D,11D,12D,13D,14D,15D,16D,17D,18D,19D,20D,21D,22D,23D,24D,25D,26D,27D,28D,29D. The second-order valence-corrected chi connectivity index (χ2v) is 11.5. The highest BCUT2D eigenvalue weighted by Crippen LogP contribution is 2.45. The quantitative estimate of drug-likeness (QED) is 0.177. The molecule has 0 bridgehead atoms. The SMILES string of the molecule is [2H]c1c([2H])c([2H])c(-n2c3c([2H])c([2H])c([2H])c([2H])c3c3c([2H])c(-c4c([2H])c([2H])c5c(c4[2H])c4c([2H])c([2H])c([2H])c6c7c([2H])c([2H])c([2H])c8c7c7c(c([2H])c([2H])c([2H])c7n5c64)n8-c4c([2H])c([2H])c([2H])c([2H])c4[2H])c([2H])c([2H])c32)c([2H])c1[2H]. The molecule has 0 spiro atoms. The third-order valence-electron chi connectivity index (χ3n) is 9.03. The Morgan fingerprint density at radius 1 is 0.314 bits per heavy atom. The van der Waals surface area contributed by atoms with E-state index in [9.17, 15) is 19.2 Å². The Hall–Kier alpha value is -6.84.